The van der Waals surface area contributed by atoms with Gasteiger partial charge in [-0.15, -0.1) is 0 Å². The summed E-state index contributed by atoms with van der Waals surface area (Å²) in [7, 11) is 0. The number of esters is 12. The van der Waals surface area contributed by atoms with Gasteiger partial charge in [-0.25, -0.2) is 0 Å². The number of fused-ring (bicyclic) bond motifs is 9. The second-order valence-electron chi connectivity index (χ2n) is 14.7. The molecule has 0 radical (unpaired) electrons. The highest BCUT2D eigenvalue weighted by Crippen LogP contribution is 2.70. The summed E-state index contributed by atoms with van der Waals surface area (Å²) in [4.78, 5) is 138. The maximum Gasteiger partial charge on any atom is 0.321 e. The second-order valence-corrected chi connectivity index (χ2v) is 14.7. The van der Waals surface area contributed by atoms with Crippen LogP contribution < -0.4 is 0 Å². The first kappa shape index (κ1) is 30.6. The summed E-state index contributed by atoms with van der Waals surface area (Å²) in [5.74, 6) is -15.0. The van der Waals surface area contributed by atoms with Gasteiger partial charge in [0.15, 0.2) is 0 Å². The number of cyclic esters (lactones) is 12. The maximum atomic E-state index is 11.9. The van der Waals surface area contributed by atoms with E-state index in [4.69, 9.17) is 9.47 Å². The van der Waals surface area contributed by atoms with Crippen LogP contribution >= 0.6 is 0 Å². The van der Waals surface area contributed by atoms with Gasteiger partial charge in [-0.3, -0.25) is 57.5 Å². The number of hydrogen-bond acceptors (Lipinski definition) is 18. The molecule has 0 spiro atoms. The molecule has 18 nitrogen and oxygen atoms in total. The van der Waals surface area contributed by atoms with Crippen LogP contribution in [0.3, 0.4) is 0 Å². The first-order valence-corrected chi connectivity index (χ1v) is 15.8. The van der Waals surface area contributed by atoms with Crippen molar-refractivity contribution in [1.82, 2.24) is 0 Å². The van der Waals surface area contributed by atoms with Crippen molar-refractivity contribution in [2.24, 2.45) is 93.7 Å². The van der Waals surface area contributed by atoms with Crippen molar-refractivity contribution >= 4 is 71.6 Å². The zero-order valence-electron chi connectivity index (χ0n) is 25.6. The van der Waals surface area contributed by atoms with Gasteiger partial charge in [-0.2, -0.15) is 0 Å². The third-order valence-corrected chi connectivity index (χ3v) is 13.0. The van der Waals surface area contributed by atoms with E-state index in [1.165, 1.54) is 13.8 Å². The molecule has 8 atom stereocenters. The van der Waals surface area contributed by atoms with E-state index in [2.05, 4.69) is 18.9 Å². The van der Waals surface area contributed by atoms with Gasteiger partial charge in [-0.05, 0) is 37.5 Å². The predicted molar refractivity (Wildman–Crippen MR) is 141 cm³/mol. The summed E-state index contributed by atoms with van der Waals surface area (Å²) in [5.41, 5.74) is -2.45. The van der Waals surface area contributed by atoms with Crippen molar-refractivity contribution in [3.05, 3.63) is 12.2 Å². The van der Waals surface area contributed by atoms with Crippen LogP contribution in [0.15, 0.2) is 12.2 Å². The Balaban J connectivity index is 0.000000103. The number of ether oxygens (including phenoxy) is 6. The lowest BCUT2D eigenvalue weighted by molar-refractivity contribution is -0.180. The minimum Gasteiger partial charge on any atom is -0.393 e. The quantitative estimate of drug-likeness (QED) is 0.112. The van der Waals surface area contributed by atoms with E-state index in [9.17, 15) is 57.5 Å². The third-order valence-electron chi connectivity index (χ3n) is 13.0. The Bertz CT molecular complexity index is 1750. The standard InChI is InChI=1S/C14H10O6.C10H8O6.C8H4O6/c15-11-7-3-1-2-4(8(7)12(16)19-11)6-5(3)9-10(6)14(18)20-13(9)17;1-9-3(5(11)15-7(9)13)10(2)4(9)6(12)16-8(10)14;9-5-1-2(6(10)13-5)4-3(1)7(11)14-8(4)12/h1-10H;3-4H,1-2H3;1-4H. The number of carbonyl (C=O) groups excluding carboxylic acids is 12. The van der Waals surface area contributed by atoms with Gasteiger partial charge >= 0.3 is 71.6 Å². The monoisotopic (exact) mass is 694 g/mol. The van der Waals surface area contributed by atoms with Crippen molar-refractivity contribution in [2.45, 2.75) is 13.8 Å². The minimum atomic E-state index is -1.23. The summed E-state index contributed by atoms with van der Waals surface area (Å²) in [6.07, 6.45) is 3.83. The molecule has 18 heteroatoms. The Morgan fingerprint density at radius 3 is 0.920 bits per heavy atom. The van der Waals surface area contributed by atoms with Crippen LogP contribution in [-0.2, 0) is 86.0 Å². The topological polar surface area (TPSA) is 260 Å². The van der Waals surface area contributed by atoms with Gasteiger partial charge in [-0.1, -0.05) is 12.2 Å². The Kier molecular flexibility index (Phi) is 5.65. The normalized spacial score (nSPS) is 49.7. The highest BCUT2D eigenvalue weighted by molar-refractivity contribution is 6.14. The molecule has 2 bridgehead atoms. The summed E-state index contributed by atoms with van der Waals surface area (Å²) < 4.78 is 27.2. The summed E-state index contributed by atoms with van der Waals surface area (Å²) in [6, 6.07) is 0. The zero-order valence-corrected chi connectivity index (χ0v) is 25.6. The Morgan fingerprint density at radius 2 is 0.620 bits per heavy atom. The molecule has 12 aliphatic rings. The summed E-state index contributed by atoms with van der Waals surface area (Å²) in [5, 5.41) is 0. The second kappa shape index (κ2) is 9.22. The maximum absolute atomic E-state index is 11.9. The van der Waals surface area contributed by atoms with Crippen molar-refractivity contribution in [3.63, 3.8) is 0 Å². The molecule has 0 N–H and O–H groups in total. The van der Waals surface area contributed by atoms with Crippen LogP contribution in [0.1, 0.15) is 13.8 Å². The van der Waals surface area contributed by atoms with Crippen molar-refractivity contribution in [3.8, 4) is 0 Å². The minimum absolute atomic E-state index is 0.0614. The van der Waals surface area contributed by atoms with Gasteiger partial charge in [0.2, 0.25) is 0 Å². The average Bonchev–Trinajstić information content (AvgIpc) is 3.69. The van der Waals surface area contributed by atoms with Gasteiger partial charge in [0.1, 0.15) is 0 Å². The molecule has 8 unspecified atom stereocenters. The van der Waals surface area contributed by atoms with Gasteiger partial charge in [0.25, 0.3) is 0 Å². The van der Waals surface area contributed by atoms with Crippen LogP contribution in [0.5, 0.6) is 0 Å². The summed E-state index contributed by atoms with van der Waals surface area (Å²) in [6.45, 7) is 2.94. The zero-order chi connectivity index (χ0) is 35.7. The Morgan fingerprint density at radius 1 is 0.360 bits per heavy atom. The molecule has 0 amide bonds. The number of carbonyl (C=O) groups is 12. The molecule has 0 aromatic heterocycles. The molecule has 258 valence electrons. The highest BCUT2D eigenvalue weighted by atomic mass is 16.6. The van der Waals surface area contributed by atoms with Crippen molar-refractivity contribution < 1.29 is 86.0 Å². The molecule has 50 heavy (non-hydrogen) atoms. The molecule has 0 aromatic rings. The lowest BCUT2D eigenvalue weighted by Crippen LogP contribution is -2.65. The van der Waals surface area contributed by atoms with E-state index in [1.807, 2.05) is 12.2 Å². The molecular formula is C32H22O18. The van der Waals surface area contributed by atoms with Crippen molar-refractivity contribution in [2.75, 3.05) is 0 Å². The molecule has 4 saturated carbocycles. The molecule has 6 aliphatic carbocycles. The predicted octanol–water partition coefficient (Wildman–Crippen LogP) is -2.28. The lowest BCUT2D eigenvalue weighted by Gasteiger charge is -2.59. The molecule has 6 aliphatic heterocycles. The Labute approximate surface area is 277 Å². The van der Waals surface area contributed by atoms with E-state index in [1.54, 1.807) is 0 Å². The highest BCUT2D eigenvalue weighted by Gasteiger charge is 2.86. The lowest BCUT2D eigenvalue weighted by atomic mass is 9.40. The smallest absolute Gasteiger partial charge is 0.321 e. The molecular weight excluding hydrogens is 672 g/mol. The van der Waals surface area contributed by atoms with E-state index < -0.39 is 142 Å². The summed E-state index contributed by atoms with van der Waals surface area (Å²) >= 11 is 0. The van der Waals surface area contributed by atoms with E-state index >= 15 is 0 Å². The number of allylic oxidation sites excluding steroid dienone is 2. The van der Waals surface area contributed by atoms with Gasteiger partial charge in [0.05, 0.1) is 70.0 Å². The SMILES string of the molecule is CC12C(=O)OC(=O)C1C1(C)C(=O)OC(=O)C21.O=C1OC(=O)C2C1C1C(=O)OC(=O)C21.O=C1OC(=O)C2C3C=CC(C12)C1C2C(=O)OC(=O)C2C31. The molecule has 0 aromatic carbocycles. The fourth-order valence-electron chi connectivity index (χ4n) is 11.0. The van der Waals surface area contributed by atoms with E-state index in [0.29, 0.717) is 0 Å². The third kappa shape index (κ3) is 3.20. The van der Waals surface area contributed by atoms with E-state index in [0.717, 1.165) is 0 Å². The molecule has 6 saturated heterocycles. The molecule has 12 rings (SSSR count). The largest absolute Gasteiger partial charge is 0.393 e. The first-order valence-electron chi connectivity index (χ1n) is 15.8. The van der Waals surface area contributed by atoms with Gasteiger partial charge < -0.3 is 28.4 Å². The van der Waals surface area contributed by atoms with Crippen molar-refractivity contribution in [1.29, 1.82) is 0 Å². The first-order chi connectivity index (χ1) is 23.5. The number of rotatable bonds is 0. The Hall–Kier alpha value is -5.42. The van der Waals surface area contributed by atoms with E-state index in [-0.39, 0.29) is 23.7 Å². The number of hydrogen-bond donors (Lipinski definition) is 0. The fourth-order valence-corrected chi connectivity index (χ4v) is 11.0. The van der Waals surface area contributed by atoms with Crippen LogP contribution in [0.2, 0.25) is 0 Å². The van der Waals surface area contributed by atoms with Crippen LogP contribution in [0, 0.1) is 93.7 Å². The fraction of sp³-hybridized carbons (Fsp3) is 0.562. The van der Waals surface area contributed by atoms with Crippen LogP contribution in [0.25, 0.3) is 0 Å². The van der Waals surface area contributed by atoms with Crippen LogP contribution in [0.4, 0.5) is 0 Å². The average molecular weight is 695 g/mol. The van der Waals surface area contributed by atoms with Crippen LogP contribution in [-0.4, -0.2) is 71.6 Å². The van der Waals surface area contributed by atoms with Gasteiger partial charge in [0, 0.05) is 0 Å². The molecule has 6 heterocycles. The molecule has 10 fully saturated rings.